The zero-order valence-corrected chi connectivity index (χ0v) is 20.7. The average molecular weight is 507 g/mol. The van der Waals surface area contributed by atoms with E-state index in [1.54, 1.807) is 0 Å². The lowest BCUT2D eigenvalue weighted by molar-refractivity contribution is -0.534. The molecule has 3 aromatic carbocycles. The van der Waals surface area contributed by atoms with E-state index in [1.807, 2.05) is 25.1 Å². The molecule has 5 heteroatoms. The molecule has 4 nitrogen and oxygen atoms in total. The molecule has 0 bridgehead atoms. The number of hydrogen-bond acceptors (Lipinski definition) is 3. The Kier molecular flexibility index (Phi) is 7.20. The normalized spacial score (nSPS) is 20.1. The molecule has 5 rings (SSSR count). The SMILES string of the molecule is CCOc1ccc(N2C3=[N+](CCCCC3)CC2(O)c2cccc(-c3ccccc3)c2)cc1.[Br-]. The standard InChI is InChI=1S/C28H31N2O2.BrH/c1-2-32-26-17-15-25(16-18-26)30-27-14-7-4-8-19-29(27)21-28(30,31)24-13-9-12-23(20-24)22-10-5-3-6-11-22;/h3,5-6,9-13,15-18,20,31H,2,4,7-8,14,19,21H2,1H3;1H/q+1;/p-1. The molecule has 2 aliphatic heterocycles. The molecule has 1 atom stereocenters. The predicted octanol–water partition coefficient (Wildman–Crippen LogP) is 2.41. The molecular formula is C28H31BrN2O2. The van der Waals surface area contributed by atoms with Gasteiger partial charge in [0.1, 0.15) is 11.4 Å². The van der Waals surface area contributed by atoms with E-state index in [9.17, 15) is 5.11 Å². The maximum atomic E-state index is 12.3. The molecule has 33 heavy (non-hydrogen) atoms. The number of benzene rings is 3. The summed E-state index contributed by atoms with van der Waals surface area (Å²) < 4.78 is 8.04. The molecule has 2 aliphatic rings. The number of ether oxygens (including phenoxy) is 1. The fourth-order valence-electron chi connectivity index (χ4n) is 5.04. The summed E-state index contributed by atoms with van der Waals surface area (Å²) in [5.41, 5.74) is 3.08. The summed E-state index contributed by atoms with van der Waals surface area (Å²) in [6.07, 6.45) is 4.53. The van der Waals surface area contributed by atoms with Gasteiger partial charge in [-0.15, -0.1) is 0 Å². The minimum Gasteiger partial charge on any atom is -1.00 e. The highest BCUT2D eigenvalue weighted by molar-refractivity contribution is 5.97. The monoisotopic (exact) mass is 506 g/mol. The number of hydrogen-bond donors (Lipinski definition) is 1. The van der Waals surface area contributed by atoms with E-state index in [-0.39, 0.29) is 17.0 Å². The molecule has 0 fully saturated rings. The number of nitrogens with zero attached hydrogens (tertiary/aromatic N) is 2. The zero-order valence-electron chi connectivity index (χ0n) is 19.1. The number of rotatable bonds is 5. The van der Waals surface area contributed by atoms with Crippen LogP contribution in [0, 0.1) is 0 Å². The van der Waals surface area contributed by atoms with Crippen molar-refractivity contribution in [2.24, 2.45) is 0 Å². The van der Waals surface area contributed by atoms with Gasteiger partial charge in [-0.1, -0.05) is 48.5 Å². The Morgan fingerprint density at radius 1 is 0.909 bits per heavy atom. The number of aliphatic hydroxyl groups is 1. The zero-order chi connectivity index (χ0) is 22.0. The first-order valence-electron chi connectivity index (χ1n) is 11.7. The number of amidine groups is 1. The van der Waals surface area contributed by atoms with Crippen LogP contribution < -0.4 is 26.6 Å². The molecule has 0 spiro atoms. The second kappa shape index (κ2) is 10.1. The molecule has 0 aliphatic carbocycles. The fourth-order valence-corrected chi connectivity index (χ4v) is 5.04. The minimum absolute atomic E-state index is 0. The highest BCUT2D eigenvalue weighted by Crippen LogP contribution is 2.39. The van der Waals surface area contributed by atoms with E-state index < -0.39 is 5.72 Å². The van der Waals surface area contributed by atoms with Crippen LogP contribution in [0.1, 0.15) is 38.2 Å². The van der Waals surface area contributed by atoms with Crippen molar-refractivity contribution in [3.8, 4) is 16.9 Å². The van der Waals surface area contributed by atoms with Gasteiger partial charge in [-0.05, 0) is 67.6 Å². The summed E-state index contributed by atoms with van der Waals surface area (Å²) in [6.45, 7) is 4.20. The Hall–Kier alpha value is -2.63. The lowest BCUT2D eigenvalue weighted by Gasteiger charge is -2.29. The highest BCUT2D eigenvalue weighted by atomic mass is 79.9. The summed E-state index contributed by atoms with van der Waals surface area (Å²) >= 11 is 0. The summed E-state index contributed by atoms with van der Waals surface area (Å²) in [5.74, 6) is 2.08. The Bertz CT molecular complexity index is 1110. The van der Waals surface area contributed by atoms with E-state index in [0.717, 1.165) is 47.5 Å². The average Bonchev–Trinajstić information content (AvgIpc) is 2.96. The fraction of sp³-hybridized carbons (Fsp3) is 0.321. The molecule has 1 N–H and O–H groups in total. The first-order chi connectivity index (χ1) is 15.7. The van der Waals surface area contributed by atoms with Crippen molar-refractivity contribution < 1.29 is 31.4 Å². The van der Waals surface area contributed by atoms with E-state index in [1.165, 1.54) is 18.7 Å². The van der Waals surface area contributed by atoms with Crippen molar-refractivity contribution in [3.63, 3.8) is 0 Å². The molecule has 0 saturated heterocycles. The quantitative estimate of drug-likeness (QED) is 0.539. The van der Waals surface area contributed by atoms with Gasteiger partial charge >= 0.3 is 0 Å². The summed E-state index contributed by atoms with van der Waals surface area (Å²) in [4.78, 5) is 2.16. The Labute approximate surface area is 206 Å². The maximum Gasteiger partial charge on any atom is 0.275 e. The van der Waals surface area contributed by atoms with E-state index in [4.69, 9.17) is 4.74 Å². The van der Waals surface area contributed by atoms with Gasteiger partial charge in [-0.2, -0.15) is 4.90 Å². The Morgan fingerprint density at radius 2 is 1.67 bits per heavy atom. The third-order valence-corrected chi connectivity index (χ3v) is 6.57. The summed E-state index contributed by atoms with van der Waals surface area (Å²) in [7, 11) is 0. The van der Waals surface area contributed by atoms with Crippen LogP contribution in [-0.4, -0.2) is 35.2 Å². The van der Waals surface area contributed by atoms with Crippen molar-refractivity contribution in [1.29, 1.82) is 0 Å². The van der Waals surface area contributed by atoms with Gasteiger partial charge in [-0.25, -0.2) is 0 Å². The first-order valence-corrected chi connectivity index (χ1v) is 11.7. The van der Waals surface area contributed by atoms with Crippen LogP contribution in [0.4, 0.5) is 5.69 Å². The van der Waals surface area contributed by atoms with Crippen LogP contribution >= 0.6 is 0 Å². The lowest BCUT2D eigenvalue weighted by Crippen LogP contribution is -3.00. The van der Waals surface area contributed by atoms with Crippen molar-refractivity contribution in [2.45, 2.75) is 38.3 Å². The van der Waals surface area contributed by atoms with Crippen LogP contribution in [0.3, 0.4) is 0 Å². The van der Waals surface area contributed by atoms with Gasteiger partial charge in [0.2, 0.25) is 0 Å². The van der Waals surface area contributed by atoms with E-state index >= 15 is 0 Å². The van der Waals surface area contributed by atoms with Crippen molar-refractivity contribution in [2.75, 3.05) is 24.6 Å². The van der Waals surface area contributed by atoms with Gasteiger partial charge in [0.25, 0.3) is 11.6 Å². The minimum atomic E-state index is -1.12. The molecule has 0 radical (unpaired) electrons. The maximum absolute atomic E-state index is 12.3. The summed E-state index contributed by atoms with van der Waals surface area (Å²) in [5, 5.41) is 12.3. The first kappa shape index (κ1) is 23.5. The topological polar surface area (TPSA) is 35.7 Å². The number of halogens is 1. The molecule has 0 amide bonds. The van der Waals surface area contributed by atoms with Crippen molar-refractivity contribution in [3.05, 3.63) is 84.4 Å². The molecule has 2 heterocycles. The summed E-state index contributed by atoms with van der Waals surface area (Å²) in [6, 6.07) is 26.9. The largest absolute Gasteiger partial charge is 1.00 e. The van der Waals surface area contributed by atoms with E-state index in [2.05, 4.69) is 70.1 Å². The third kappa shape index (κ3) is 4.57. The molecule has 172 valence electrons. The van der Waals surface area contributed by atoms with Crippen LogP contribution in [0.25, 0.3) is 11.1 Å². The van der Waals surface area contributed by atoms with Gasteiger partial charge in [-0.3, -0.25) is 4.58 Å². The van der Waals surface area contributed by atoms with Gasteiger partial charge < -0.3 is 26.8 Å². The van der Waals surface area contributed by atoms with Crippen LogP contribution in [0.2, 0.25) is 0 Å². The highest BCUT2D eigenvalue weighted by Gasteiger charge is 2.54. The molecule has 0 aromatic heterocycles. The van der Waals surface area contributed by atoms with E-state index in [0.29, 0.717) is 13.2 Å². The third-order valence-electron chi connectivity index (χ3n) is 6.57. The van der Waals surface area contributed by atoms with Crippen molar-refractivity contribution in [1.82, 2.24) is 0 Å². The molecule has 0 saturated carbocycles. The Morgan fingerprint density at radius 3 is 2.42 bits per heavy atom. The van der Waals surface area contributed by atoms with Crippen LogP contribution in [0.5, 0.6) is 5.75 Å². The smallest absolute Gasteiger partial charge is 0.275 e. The second-order valence-corrected chi connectivity index (χ2v) is 8.67. The Balaban J connectivity index is 0.00000259. The van der Waals surface area contributed by atoms with Gasteiger partial charge in [0.05, 0.1) is 13.2 Å². The van der Waals surface area contributed by atoms with Gasteiger partial charge in [0.15, 0.2) is 6.54 Å². The van der Waals surface area contributed by atoms with Crippen LogP contribution in [0.15, 0.2) is 78.9 Å². The van der Waals surface area contributed by atoms with Gasteiger partial charge in [0, 0.05) is 12.0 Å². The molecule has 3 aromatic rings. The van der Waals surface area contributed by atoms with Crippen molar-refractivity contribution >= 4 is 11.5 Å². The molecular weight excluding hydrogens is 476 g/mol. The predicted molar refractivity (Wildman–Crippen MR) is 129 cm³/mol. The number of anilines is 1. The lowest BCUT2D eigenvalue weighted by atomic mass is 9.95. The van der Waals surface area contributed by atoms with Crippen LogP contribution in [-0.2, 0) is 5.72 Å². The molecule has 1 unspecified atom stereocenters. The second-order valence-electron chi connectivity index (χ2n) is 8.67.